The monoisotopic (exact) mass is 488 g/mol. The van der Waals surface area contributed by atoms with Gasteiger partial charge in [0.1, 0.15) is 17.7 Å². The second-order valence-corrected chi connectivity index (χ2v) is 9.17. The number of aromatic nitrogens is 4. The average Bonchev–Trinajstić information content (AvgIpc) is 3.47. The number of benzene rings is 1. The number of hydrogen-bond acceptors (Lipinski definition) is 8. The smallest absolute Gasteiger partial charge is 0.411 e. The van der Waals surface area contributed by atoms with Crippen molar-refractivity contribution in [3.63, 3.8) is 0 Å². The van der Waals surface area contributed by atoms with Gasteiger partial charge in [0.25, 0.3) is 0 Å². The van der Waals surface area contributed by atoms with Crippen molar-refractivity contribution in [1.29, 1.82) is 0 Å². The number of amides is 1. The van der Waals surface area contributed by atoms with Crippen molar-refractivity contribution in [2.24, 2.45) is 0 Å². The Morgan fingerprint density at radius 3 is 2.75 bits per heavy atom. The Morgan fingerprint density at radius 1 is 1.14 bits per heavy atom. The average molecular weight is 489 g/mol. The highest BCUT2D eigenvalue weighted by Gasteiger charge is 2.31. The van der Waals surface area contributed by atoms with Crippen LogP contribution in [0.25, 0.3) is 16.7 Å². The quantitative estimate of drug-likeness (QED) is 0.391. The number of anilines is 2. The van der Waals surface area contributed by atoms with Crippen LogP contribution in [0.5, 0.6) is 5.75 Å². The predicted octanol–water partition coefficient (Wildman–Crippen LogP) is 4.90. The molecule has 1 saturated heterocycles. The molecule has 36 heavy (non-hydrogen) atoms. The summed E-state index contributed by atoms with van der Waals surface area (Å²) in [6.45, 7) is 3.75. The standard InChI is InChI=1S/C26H28N6O4/c1-2-34-26(33)28-19-5-7-22-18(15-19)9-14-32(22)23-8-6-21(16-27-23)35-20-10-12-31(13-11-20)25-29-24(30-36-25)17-3-4-17/h5-9,14-17,20H,2-4,10-13H2,1H3,(H,28,33). The first kappa shape index (κ1) is 22.4. The van der Waals surface area contributed by atoms with Gasteiger partial charge in [-0.3, -0.25) is 5.32 Å². The molecule has 0 spiro atoms. The number of piperidine rings is 1. The van der Waals surface area contributed by atoms with E-state index in [1.165, 1.54) is 0 Å². The molecule has 0 atom stereocenters. The van der Waals surface area contributed by atoms with Gasteiger partial charge in [-0.15, -0.1) is 0 Å². The highest BCUT2D eigenvalue weighted by molar-refractivity contribution is 5.90. The molecule has 2 aliphatic rings. The van der Waals surface area contributed by atoms with Crippen molar-refractivity contribution in [3.8, 4) is 11.6 Å². The maximum Gasteiger partial charge on any atom is 0.411 e. The molecule has 1 aliphatic carbocycles. The van der Waals surface area contributed by atoms with Crippen LogP contribution in [0.1, 0.15) is 44.3 Å². The number of hydrogen-bond donors (Lipinski definition) is 1. The summed E-state index contributed by atoms with van der Waals surface area (Å²) in [7, 11) is 0. The van der Waals surface area contributed by atoms with Gasteiger partial charge >= 0.3 is 12.1 Å². The third-order valence-corrected chi connectivity index (χ3v) is 6.57. The SMILES string of the molecule is CCOC(=O)Nc1ccc2c(ccn2-c2ccc(OC3CCN(c4nc(C5CC5)no4)CC3)cn2)c1. The van der Waals surface area contributed by atoms with Crippen molar-refractivity contribution in [2.45, 2.75) is 44.6 Å². The van der Waals surface area contributed by atoms with Crippen LogP contribution in [0.4, 0.5) is 16.5 Å². The Kier molecular flexibility index (Phi) is 5.92. The molecule has 186 valence electrons. The summed E-state index contributed by atoms with van der Waals surface area (Å²) < 4.78 is 18.6. The second-order valence-electron chi connectivity index (χ2n) is 9.17. The minimum absolute atomic E-state index is 0.123. The summed E-state index contributed by atoms with van der Waals surface area (Å²) in [6.07, 6.45) is 7.48. The molecule has 0 radical (unpaired) electrons. The molecule has 4 aromatic rings. The predicted molar refractivity (Wildman–Crippen MR) is 134 cm³/mol. The normalized spacial score (nSPS) is 16.3. The molecule has 6 rings (SSSR count). The van der Waals surface area contributed by atoms with Crippen LogP contribution < -0.4 is 15.0 Å². The summed E-state index contributed by atoms with van der Waals surface area (Å²) in [5.41, 5.74) is 1.67. The van der Waals surface area contributed by atoms with Gasteiger partial charge in [0.05, 0.1) is 18.3 Å². The first-order valence-electron chi connectivity index (χ1n) is 12.4. The van der Waals surface area contributed by atoms with E-state index < -0.39 is 6.09 Å². The molecular weight excluding hydrogens is 460 g/mol. The Hall–Kier alpha value is -4.08. The zero-order chi connectivity index (χ0) is 24.5. The Bertz CT molecular complexity index is 1350. The first-order valence-corrected chi connectivity index (χ1v) is 12.4. The van der Waals surface area contributed by atoms with Crippen LogP contribution in [0, 0.1) is 0 Å². The van der Waals surface area contributed by atoms with E-state index in [0.29, 0.717) is 24.2 Å². The van der Waals surface area contributed by atoms with Gasteiger partial charge in [0.15, 0.2) is 5.82 Å². The van der Waals surface area contributed by atoms with E-state index in [1.54, 1.807) is 13.1 Å². The van der Waals surface area contributed by atoms with E-state index in [9.17, 15) is 4.79 Å². The lowest BCUT2D eigenvalue weighted by molar-refractivity contribution is 0.167. The van der Waals surface area contributed by atoms with Crippen LogP contribution in [0.3, 0.4) is 0 Å². The minimum atomic E-state index is -0.462. The van der Waals surface area contributed by atoms with Crippen molar-refractivity contribution >= 4 is 28.7 Å². The maximum absolute atomic E-state index is 11.7. The summed E-state index contributed by atoms with van der Waals surface area (Å²) in [4.78, 5) is 23.0. The Labute approximate surface area is 208 Å². The molecule has 0 bridgehead atoms. The first-order chi connectivity index (χ1) is 17.7. The topological polar surface area (TPSA) is 108 Å². The lowest BCUT2D eigenvalue weighted by atomic mass is 10.1. The molecule has 2 fully saturated rings. The van der Waals surface area contributed by atoms with Gasteiger partial charge in [0.2, 0.25) is 0 Å². The number of fused-ring (bicyclic) bond motifs is 1. The summed E-state index contributed by atoms with van der Waals surface area (Å²) >= 11 is 0. The van der Waals surface area contributed by atoms with Gasteiger partial charge < -0.3 is 23.5 Å². The van der Waals surface area contributed by atoms with Crippen molar-refractivity contribution < 1.29 is 18.8 Å². The van der Waals surface area contributed by atoms with Gasteiger partial charge in [-0.05, 0) is 56.2 Å². The van der Waals surface area contributed by atoms with E-state index in [1.807, 2.05) is 47.2 Å². The largest absolute Gasteiger partial charge is 0.489 e. The number of carbonyl (C=O) groups is 1. The highest BCUT2D eigenvalue weighted by Crippen LogP contribution is 2.39. The van der Waals surface area contributed by atoms with E-state index in [-0.39, 0.29) is 6.10 Å². The highest BCUT2D eigenvalue weighted by atomic mass is 16.5. The molecule has 0 unspecified atom stereocenters. The number of pyridine rings is 1. The van der Waals surface area contributed by atoms with Crippen LogP contribution >= 0.6 is 0 Å². The molecular formula is C26H28N6O4. The van der Waals surface area contributed by atoms with E-state index in [4.69, 9.17) is 14.0 Å². The third-order valence-electron chi connectivity index (χ3n) is 6.57. The number of nitrogens with zero attached hydrogens (tertiary/aromatic N) is 5. The number of nitrogens with one attached hydrogen (secondary N) is 1. The van der Waals surface area contributed by atoms with Crippen molar-refractivity contribution in [3.05, 3.63) is 54.6 Å². The van der Waals surface area contributed by atoms with Crippen LogP contribution in [0.15, 0.2) is 53.3 Å². The summed E-state index contributed by atoms with van der Waals surface area (Å²) in [5.74, 6) is 2.89. The lowest BCUT2D eigenvalue weighted by Crippen LogP contribution is -2.38. The molecule has 4 heterocycles. The van der Waals surface area contributed by atoms with Crippen molar-refractivity contribution in [1.82, 2.24) is 19.7 Å². The number of carbonyl (C=O) groups excluding carboxylic acids is 1. The fourth-order valence-corrected chi connectivity index (χ4v) is 4.51. The zero-order valence-corrected chi connectivity index (χ0v) is 20.1. The minimum Gasteiger partial charge on any atom is -0.489 e. The van der Waals surface area contributed by atoms with Crippen LogP contribution in [0.2, 0.25) is 0 Å². The molecule has 1 amide bonds. The van der Waals surface area contributed by atoms with E-state index >= 15 is 0 Å². The molecule has 1 saturated carbocycles. The second kappa shape index (κ2) is 9.52. The number of rotatable bonds is 7. The van der Waals surface area contributed by atoms with Gasteiger partial charge in [-0.2, -0.15) is 4.98 Å². The molecule has 3 aromatic heterocycles. The lowest BCUT2D eigenvalue weighted by Gasteiger charge is -2.30. The number of ether oxygens (including phenoxy) is 2. The zero-order valence-electron chi connectivity index (χ0n) is 20.1. The molecule has 1 aliphatic heterocycles. The molecule has 10 nitrogen and oxygen atoms in total. The fraction of sp³-hybridized carbons (Fsp3) is 0.385. The van der Waals surface area contributed by atoms with Crippen molar-refractivity contribution in [2.75, 3.05) is 29.9 Å². The van der Waals surface area contributed by atoms with E-state index in [0.717, 1.165) is 67.1 Å². The van der Waals surface area contributed by atoms with Gasteiger partial charge in [-0.1, -0.05) is 5.16 Å². The molecule has 10 heteroatoms. The van der Waals surface area contributed by atoms with E-state index in [2.05, 4.69) is 25.3 Å². The van der Waals surface area contributed by atoms with Crippen LogP contribution in [-0.2, 0) is 4.74 Å². The van der Waals surface area contributed by atoms with Gasteiger partial charge in [-0.25, -0.2) is 9.78 Å². The fourth-order valence-electron chi connectivity index (χ4n) is 4.51. The van der Waals surface area contributed by atoms with Crippen LogP contribution in [-0.4, -0.2) is 51.6 Å². The summed E-state index contributed by atoms with van der Waals surface area (Å²) in [5, 5.41) is 7.84. The summed E-state index contributed by atoms with van der Waals surface area (Å²) in [6, 6.07) is 12.2. The molecule has 1 N–H and O–H groups in total. The Morgan fingerprint density at radius 2 is 2.00 bits per heavy atom. The third kappa shape index (κ3) is 4.71. The molecule has 1 aromatic carbocycles. The van der Waals surface area contributed by atoms with Gasteiger partial charge in [0, 0.05) is 49.1 Å². The Balaban J connectivity index is 1.06. The maximum atomic E-state index is 11.7.